The van der Waals surface area contributed by atoms with Crippen molar-refractivity contribution in [2.24, 2.45) is 13.0 Å². The molecule has 14 heteroatoms. The molecule has 1 saturated heterocycles. The van der Waals surface area contributed by atoms with E-state index in [1.807, 2.05) is 0 Å². The summed E-state index contributed by atoms with van der Waals surface area (Å²) in [7, 11) is 1.53. The Kier molecular flexibility index (Phi) is 6.63. The molecule has 0 radical (unpaired) electrons. The highest BCUT2D eigenvalue weighted by Crippen LogP contribution is 2.36. The molecule has 0 unspecified atom stereocenters. The van der Waals surface area contributed by atoms with Crippen LogP contribution in [0.15, 0.2) is 31.0 Å². The number of likely N-dealkylation sites (tertiary alicyclic amines) is 1. The van der Waals surface area contributed by atoms with Gasteiger partial charge >= 0.3 is 6.01 Å². The van der Waals surface area contributed by atoms with Crippen LogP contribution in [-0.2, 0) is 7.05 Å². The number of hydrogen-bond acceptors (Lipinski definition) is 7. The van der Waals surface area contributed by atoms with Gasteiger partial charge in [0, 0.05) is 32.1 Å². The van der Waals surface area contributed by atoms with Gasteiger partial charge in [0.05, 0.1) is 36.1 Å². The first-order valence-electron chi connectivity index (χ1n) is 10.5. The van der Waals surface area contributed by atoms with Crippen LogP contribution in [0.2, 0.25) is 0 Å². The average molecular weight is 497 g/mol. The van der Waals surface area contributed by atoms with Crippen molar-refractivity contribution in [2.45, 2.75) is 31.7 Å². The fourth-order valence-corrected chi connectivity index (χ4v) is 3.89. The number of nitrogens with zero attached hydrogens (tertiary/aromatic N) is 7. The maximum absolute atomic E-state index is 14.5. The van der Waals surface area contributed by atoms with E-state index in [4.69, 9.17) is 4.74 Å². The number of hydrogen-bond donors (Lipinski definition) is 0. The van der Waals surface area contributed by atoms with Gasteiger partial charge in [-0.05, 0) is 5.92 Å². The minimum absolute atomic E-state index is 0.0000112. The van der Waals surface area contributed by atoms with Gasteiger partial charge in [0.2, 0.25) is 0 Å². The summed E-state index contributed by atoms with van der Waals surface area (Å²) in [5, 5.41) is 4.11. The van der Waals surface area contributed by atoms with Crippen molar-refractivity contribution in [1.29, 1.82) is 0 Å². The van der Waals surface area contributed by atoms with E-state index in [9.17, 15) is 26.7 Å². The van der Waals surface area contributed by atoms with Crippen molar-refractivity contribution in [3.05, 3.63) is 48.1 Å². The van der Waals surface area contributed by atoms with Gasteiger partial charge in [-0.15, -0.1) is 0 Å². The van der Waals surface area contributed by atoms with Crippen molar-refractivity contribution >= 4 is 5.91 Å². The van der Waals surface area contributed by atoms with Crippen molar-refractivity contribution < 1.29 is 31.5 Å². The van der Waals surface area contributed by atoms with Crippen molar-refractivity contribution in [3.8, 4) is 17.4 Å². The van der Waals surface area contributed by atoms with E-state index in [0.717, 1.165) is 29.7 Å². The largest absolute Gasteiger partial charge is 0.461 e. The lowest BCUT2D eigenvalue weighted by Crippen LogP contribution is -2.57. The van der Waals surface area contributed by atoms with Crippen LogP contribution in [-0.4, -0.2) is 65.6 Å². The fourth-order valence-electron chi connectivity index (χ4n) is 3.89. The third kappa shape index (κ3) is 5.35. The lowest BCUT2D eigenvalue weighted by atomic mass is 9.88. The van der Waals surface area contributed by atoms with Crippen LogP contribution < -0.4 is 4.74 Å². The zero-order valence-electron chi connectivity index (χ0n) is 18.6. The molecular weight excluding hydrogens is 477 g/mol. The Labute approximate surface area is 196 Å². The standard InChI is InChI=1S/C21H20F5N7O2/c1-11-3-21(25,26)10-33(15(11)9-35-20-29-4-12(5-30-20)17(23)24)19(34)16-14(8-32(2)31-16)18-27-6-13(22)7-28-18/h4-8,11,15,17H,3,9-10H2,1-2H3/t11-,15-/m1/s1. The van der Waals surface area contributed by atoms with Crippen LogP contribution in [0, 0.1) is 11.7 Å². The van der Waals surface area contributed by atoms with Gasteiger partial charge in [-0.3, -0.25) is 9.48 Å². The molecule has 2 atom stereocenters. The molecule has 3 aromatic rings. The Balaban J connectivity index is 1.61. The van der Waals surface area contributed by atoms with E-state index in [1.54, 1.807) is 6.92 Å². The lowest BCUT2D eigenvalue weighted by Gasteiger charge is -2.42. The molecule has 35 heavy (non-hydrogen) atoms. The molecule has 1 fully saturated rings. The van der Waals surface area contributed by atoms with Gasteiger partial charge in [0.25, 0.3) is 18.3 Å². The molecule has 186 valence electrons. The molecule has 0 bridgehead atoms. The Morgan fingerprint density at radius 3 is 2.46 bits per heavy atom. The fraction of sp³-hybridized carbons (Fsp3) is 0.429. The highest BCUT2D eigenvalue weighted by molar-refractivity contribution is 5.98. The van der Waals surface area contributed by atoms with Gasteiger partial charge in [0.1, 0.15) is 6.61 Å². The highest BCUT2D eigenvalue weighted by Gasteiger charge is 2.47. The summed E-state index contributed by atoms with van der Waals surface area (Å²) in [5.74, 6) is -5.36. The molecule has 1 amide bonds. The number of ether oxygens (including phenoxy) is 1. The summed E-state index contributed by atoms with van der Waals surface area (Å²) >= 11 is 0. The topological polar surface area (TPSA) is 98.9 Å². The van der Waals surface area contributed by atoms with E-state index < -0.39 is 54.6 Å². The zero-order valence-corrected chi connectivity index (χ0v) is 18.6. The summed E-state index contributed by atoms with van der Waals surface area (Å²) in [6.45, 7) is 0.395. The molecule has 0 aliphatic carbocycles. The quantitative estimate of drug-likeness (QED) is 0.482. The smallest absolute Gasteiger partial charge is 0.316 e. The third-order valence-corrected chi connectivity index (χ3v) is 5.52. The van der Waals surface area contributed by atoms with Crippen molar-refractivity contribution in [2.75, 3.05) is 13.2 Å². The predicted molar refractivity (Wildman–Crippen MR) is 110 cm³/mol. The molecule has 4 heterocycles. The molecule has 1 aliphatic heterocycles. The first-order chi connectivity index (χ1) is 16.5. The highest BCUT2D eigenvalue weighted by atomic mass is 19.3. The molecule has 4 rings (SSSR count). The van der Waals surface area contributed by atoms with Gasteiger partial charge < -0.3 is 9.64 Å². The number of halogens is 5. The molecular formula is C21H20F5N7O2. The molecule has 0 N–H and O–H groups in total. The van der Waals surface area contributed by atoms with E-state index in [0.29, 0.717) is 0 Å². The number of aryl methyl sites for hydroxylation is 1. The number of carbonyl (C=O) groups excluding carboxylic acids is 1. The van der Waals surface area contributed by atoms with E-state index in [2.05, 4.69) is 25.0 Å². The minimum Gasteiger partial charge on any atom is -0.461 e. The summed E-state index contributed by atoms with van der Waals surface area (Å²) < 4.78 is 74.4. The summed E-state index contributed by atoms with van der Waals surface area (Å²) in [4.78, 5) is 29.5. The van der Waals surface area contributed by atoms with Crippen LogP contribution in [0.5, 0.6) is 6.01 Å². The molecule has 3 aromatic heterocycles. The van der Waals surface area contributed by atoms with Gasteiger partial charge in [-0.2, -0.15) is 5.10 Å². The lowest BCUT2D eigenvalue weighted by molar-refractivity contribution is -0.0981. The van der Waals surface area contributed by atoms with Gasteiger partial charge in [0.15, 0.2) is 17.3 Å². The first-order valence-corrected chi connectivity index (χ1v) is 10.5. The van der Waals surface area contributed by atoms with Crippen LogP contribution >= 0.6 is 0 Å². The maximum Gasteiger partial charge on any atom is 0.316 e. The molecule has 0 saturated carbocycles. The van der Waals surface area contributed by atoms with Crippen LogP contribution in [0.1, 0.15) is 35.8 Å². The normalized spacial score (nSPS) is 19.7. The second-order valence-electron chi connectivity index (χ2n) is 8.24. The zero-order chi connectivity index (χ0) is 25.3. The number of amides is 1. The van der Waals surface area contributed by atoms with E-state index in [-0.39, 0.29) is 29.7 Å². The Hall–Kier alpha value is -3.71. The molecule has 0 aromatic carbocycles. The predicted octanol–water partition coefficient (Wildman–Crippen LogP) is 3.31. The minimum atomic E-state index is -3.16. The third-order valence-electron chi connectivity index (χ3n) is 5.52. The number of carbonyl (C=O) groups is 1. The number of alkyl halides is 4. The van der Waals surface area contributed by atoms with E-state index in [1.165, 1.54) is 17.9 Å². The van der Waals surface area contributed by atoms with Crippen LogP contribution in [0.3, 0.4) is 0 Å². The maximum atomic E-state index is 14.5. The number of aromatic nitrogens is 6. The monoisotopic (exact) mass is 497 g/mol. The van der Waals surface area contributed by atoms with Gasteiger partial charge in [-0.25, -0.2) is 41.9 Å². The number of rotatable bonds is 6. The molecule has 0 spiro atoms. The Bertz CT molecular complexity index is 1190. The summed E-state index contributed by atoms with van der Waals surface area (Å²) in [5.41, 5.74) is -0.443. The van der Waals surface area contributed by atoms with Crippen molar-refractivity contribution in [1.82, 2.24) is 34.6 Å². The van der Waals surface area contributed by atoms with Crippen LogP contribution in [0.4, 0.5) is 22.0 Å². The van der Waals surface area contributed by atoms with Crippen LogP contribution in [0.25, 0.3) is 11.4 Å². The van der Waals surface area contributed by atoms with Gasteiger partial charge in [-0.1, -0.05) is 6.92 Å². The van der Waals surface area contributed by atoms with Crippen molar-refractivity contribution in [3.63, 3.8) is 0 Å². The summed E-state index contributed by atoms with van der Waals surface area (Å²) in [6.07, 6.45) is 1.81. The Morgan fingerprint density at radius 2 is 1.83 bits per heavy atom. The summed E-state index contributed by atoms with van der Waals surface area (Å²) in [6, 6.07) is -1.06. The molecule has 9 nitrogen and oxygen atoms in total. The second kappa shape index (κ2) is 9.50. The second-order valence-corrected chi connectivity index (χ2v) is 8.24. The number of piperidine rings is 1. The SMILES string of the molecule is C[C@@H]1CC(F)(F)CN(C(=O)c2nn(C)cc2-c2ncc(F)cn2)[C@@H]1COc1ncc(C(F)F)cn1. The average Bonchev–Trinajstić information content (AvgIpc) is 3.19. The molecule has 1 aliphatic rings. The first kappa shape index (κ1) is 24.4. The van der Waals surface area contributed by atoms with E-state index >= 15 is 0 Å². The Morgan fingerprint density at radius 1 is 1.17 bits per heavy atom.